The zero-order valence-electron chi connectivity index (χ0n) is 9.11. The molecule has 16 heavy (non-hydrogen) atoms. The lowest BCUT2D eigenvalue weighted by molar-refractivity contribution is -0.138. The molecule has 2 atom stereocenters. The van der Waals surface area contributed by atoms with Crippen molar-refractivity contribution >= 4 is 22.8 Å². The summed E-state index contributed by atoms with van der Waals surface area (Å²) in [5, 5.41) is 8.41. The van der Waals surface area contributed by atoms with E-state index in [0.29, 0.717) is 5.56 Å². The SMILES string of the molecule is CC(C(=O)O)c1ccc(C(C)C(=O)Cl)cc1. The molecule has 1 aromatic rings. The zero-order valence-corrected chi connectivity index (χ0v) is 9.86. The van der Waals surface area contributed by atoms with Crippen LogP contribution < -0.4 is 0 Å². The summed E-state index contributed by atoms with van der Waals surface area (Å²) in [5.41, 5.74) is 1.51. The minimum Gasteiger partial charge on any atom is -0.481 e. The first-order valence-electron chi connectivity index (χ1n) is 4.95. The van der Waals surface area contributed by atoms with Crippen molar-refractivity contribution in [1.29, 1.82) is 0 Å². The fourth-order valence-corrected chi connectivity index (χ4v) is 1.47. The number of halogens is 1. The number of carboxylic acid groups (broad SMARTS) is 1. The maximum Gasteiger partial charge on any atom is 0.310 e. The van der Waals surface area contributed by atoms with Gasteiger partial charge < -0.3 is 5.11 Å². The van der Waals surface area contributed by atoms with Gasteiger partial charge in [0, 0.05) is 0 Å². The molecular formula is C12H13ClO3. The number of hydrogen-bond donors (Lipinski definition) is 1. The summed E-state index contributed by atoms with van der Waals surface area (Å²) in [7, 11) is 0. The van der Waals surface area contributed by atoms with Crippen molar-refractivity contribution < 1.29 is 14.7 Å². The van der Waals surface area contributed by atoms with Crippen LogP contribution in [-0.4, -0.2) is 16.3 Å². The average molecular weight is 241 g/mol. The van der Waals surface area contributed by atoms with Crippen LogP contribution in [0.2, 0.25) is 0 Å². The highest BCUT2D eigenvalue weighted by Crippen LogP contribution is 2.21. The van der Waals surface area contributed by atoms with Gasteiger partial charge in [0.25, 0.3) is 0 Å². The van der Waals surface area contributed by atoms with E-state index < -0.39 is 17.1 Å². The minimum absolute atomic E-state index is 0.365. The summed E-state index contributed by atoms with van der Waals surface area (Å²) in [5.74, 6) is -1.78. The van der Waals surface area contributed by atoms with Crippen molar-refractivity contribution in [3.63, 3.8) is 0 Å². The molecule has 0 aliphatic heterocycles. The summed E-state index contributed by atoms with van der Waals surface area (Å²) < 4.78 is 0. The first-order chi connectivity index (χ1) is 7.43. The maximum atomic E-state index is 10.9. The van der Waals surface area contributed by atoms with Crippen LogP contribution >= 0.6 is 11.6 Å². The third-order valence-corrected chi connectivity index (χ3v) is 2.97. The number of hydrogen-bond acceptors (Lipinski definition) is 2. The second-order valence-electron chi connectivity index (χ2n) is 3.75. The van der Waals surface area contributed by atoms with Gasteiger partial charge in [-0.25, -0.2) is 0 Å². The summed E-state index contributed by atoms with van der Waals surface area (Å²) in [6.07, 6.45) is 0. The molecule has 2 unspecified atom stereocenters. The molecule has 0 fully saturated rings. The highest BCUT2D eigenvalue weighted by molar-refractivity contribution is 6.64. The Kier molecular flexibility index (Phi) is 4.07. The van der Waals surface area contributed by atoms with Gasteiger partial charge in [0.2, 0.25) is 5.24 Å². The summed E-state index contributed by atoms with van der Waals surface area (Å²) in [6.45, 7) is 3.33. The van der Waals surface area contributed by atoms with E-state index in [0.717, 1.165) is 5.56 Å². The Morgan fingerprint density at radius 2 is 1.44 bits per heavy atom. The predicted octanol–water partition coefficient (Wildman–Crippen LogP) is 2.74. The third-order valence-electron chi connectivity index (χ3n) is 2.65. The Morgan fingerprint density at radius 1 is 1.06 bits per heavy atom. The van der Waals surface area contributed by atoms with E-state index >= 15 is 0 Å². The van der Waals surface area contributed by atoms with Crippen LogP contribution in [0.5, 0.6) is 0 Å². The molecule has 86 valence electrons. The van der Waals surface area contributed by atoms with E-state index in [9.17, 15) is 9.59 Å². The van der Waals surface area contributed by atoms with Gasteiger partial charge >= 0.3 is 5.97 Å². The van der Waals surface area contributed by atoms with Crippen LogP contribution in [0.4, 0.5) is 0 Å². The molecule has 0 aliphatic carbocycles. The summed E-state index contributed by atoms with van der Waals surface area (Å²) in [6, 6.07) is 6.90. The molecule has 1 rings (SSSR count). The molecule has 0 heterocycles. The van der Waals surface area contributed by atoms with E-state index in [4.69, 9.17) is 16.7 Å². The molecule has 0 amide bonds. The number of aliphatic carboxylic acids is 1. The fraction of sp³-hybridized carbons (Fsp3) is 0.333. The lowest BCUT2D eigenvalue weighted by atomic mass is 9.96. The number of carbonyl (C=O) groups excluding carboxylic acids is 1. The molecule has 0 aliphatic rings. The van der Waals surface area contributed by atoms with E-state index in [-0.39, 0.29) is 5.92 Å². The van der Waals surface area contributed by atoms with Gasteiger partial charge in [-0.15, -0.1) is 0 Å². The van der Waals surface area contributed by atoms with Gasteiger partial charge in [0.1, 0.15) is 0 Å². The van der Waals surface area contributed by atoms with Gasteiger partial charge in [0.15, 0.2) is 0 Å². The monoisotopic (exact) mass is 240 g/mol. The maximum absolute atomic E-state index is 10.9. The van der Waals surface area contributed by atoms with E-state index in [1.165, 1.54) is 0 Å². The predicted molar refractivity (Wildman–Crippen MR) is 61.8 cm³/mol. The summed E-state index contributed by atoms with van der Waals surface area (Å²) in [4.78, 5) is 21.7. The van der Waals surface area contributed by atoms with E-state index in [1.807, 2.05) is 0 Å². The van der Waals surface area contributed by atoms with E-state index in [2.05, 4.69) is 0 Å². The number of rotatable bonds is 4. The molecule has 3 nitrogen and oxygen atoms in total. The lowest BCUT2D eigenvalue weighted by Crippen LogP contribution is -2.08. The second kappa shape index (κ2) is 5.12. The Morgan fingerprint density at radius 3 is 1.75 bits per heavy atom. The third kappa shape index (κ3) is 2.83. The molecule has 1 N–H and O–H groups in total. The normalized spacial score (nSPS) is 14.2. The number of benzene rings is 1. The molecule has 1 aromatic carbocycles. The number of carboxylic acids is 1. The Balaban J connectivity index is 2.91. The van der Waals surface area contributed by atoms with Crippen LogP contribution in [0.3, 0.4) is 0 Å². The average Bonchev–Trinajstić information content (AvgIpc) is 2.27. The molecule has 0 aromatic heterocycles. The molecular weight excluding hydrogens is 228 g/mol. The summed E-state index contributed by atoms with van der Waals surface area (Å²) >= 11 is 5.38. The highest BCUT2D eigenvalue weighted by Gasteiger charge is 2.16. The van der Waals surface area contributed by atoms with Crippen LogP contribution in [0, 0.1) is 0 Å². The van der Waals surface area contributed by atoms with Gasteiger partial charge in [0.05, 0.1) is 11.8 Å². The standard InChI is InChI=1S/C12H13ClO3/c1-7(11(13)14)9-3-5-10(6-4-9)8(2)12(15)16/h3-8H,1-2H3,(H,15,16). The Hall–Kier alpha value is -1.35. The van der Waals surface area contributed by atoms with Gasteiger partial charge in [-0.3, -0.25) is 9.59 Å². The van der Waals surface area contributed by atoms with E-state index in [1.54, 1.807) is 38.1 Å². The van der Waals surface area contributed by atoms with Crippen molar-refractivity contribution in [2.45, 2.75) is 25.7 Å². The first kappa shape index (κ1) is 12.7. The van der Waals surface area contributed by atoms with Crippen LogP contribution in [0.1, 0.15) is 36.8 Å². The largest absolute Gasteiger partial charge is 0.481 e. The second-order valence-corrected chi connectivity index (χ2v) is 4.12. The Bertz CT molecular complexity index is 358. The lowest BCUT2D eigenvalue weighted by Gasteiger charge is -2.10. The molecule has 0 radical (unpaired) electrons. The van der Waals surface area contributed by atoms with Crippen LogP contribution in [-0.2, 0) is 9.59 Å². The molecule has 0 saturated carbocycles. The van der Waals surface area contributed by atoms with Crippen molar-refractivity contribution in [1.82, 2.24) is 0 Å². The molecule has 0 saturated heterocycles. The van der Waals surface area contributed by atoms with Crippen LogP contribution in [0.15, 0.2) is 24.3 Å². The van der Waals surface area contributed by atoms with Crippen molar-refractivity contribution in [2.75, 3.05) is 0 Å². The topological polar surface area (TPSA) is 54.4 Å². The smallest absolute Gasteiger partial charge is 0.310 e. The quantitative estimate of drug-likeness (QED) is 0.824. The zero-order chi connectivity index (χ0) is 12.3. The minimum atomic E-state index is -0.866. The van der Waals surface area contributed by atoms with Crippen molar-refractivity contribution in [2.24, 2.45) is 0 Å². The van der Waals surface area contributed by atoms with Crippen LogP contribution in [0.25, 0.3) is 0 Å². The number of carbonyl (C=O) groups is 2. The van der Waals surface area contributed by atoms with Crippen molar-refractivity contribution in [3.8, 4) is 0 Å². The molecule has 0 bridgehead atoms. The highest BCUT2D eigenvalue weighted by atomic mass is 35.5. The first-order valence-corrected chi connectivity index (χ1v) is 5.33. The molecule has 4 heteroatoms. The van der Waals surface area contributed by atoms with Gasteiger partial charge in [-0.1, -0.05) is 31.2 Å². The fourth-order valence-electron chi connectivity index (χ4n) is 1.35. The van der Waals surface area contributed by atoms with Crippen molar-refractivity contribution in [3.05, 3.63) is 35.4 Å². The Labute approximate surface area is 99.0 Å². The molecule has 0 spiro atoms. The van der Waals surface area contributed by atoms with Gasteiger partial charge in [-0.2, -0.15) is 0 Å². The van der Waals surface area contributed by atoms with Gasteiger partial charge in [-0.05, 0) is 29.7 Å².